The Morgan fingerprint density at radius 3 is 2.84 bits per heavy atom. The van der Waals surface area contributed by atoms with Crippen molar-refractivity contribution in [3.8, 4) is 5.75 Å². The van der Waals surface area contributed by atoms with Crippen LogP contribution in [0.3, 0.4) is 0 Å². The fourth-order valence-electron chi connectivity index (χ4n) is 3.49. The summed E-state index contributed by atoms with van der Waals surface area (Å²) in [6.45, 7) is 4.56. The van der Waals surface area contributed by atoms with E-state index in [1.165, 1.54) is 31.2 Å². The van der Waals surface area contributed by atoms with Crippen LogP contribution in [0.25, 0.3) is 0 Å². The average molecular weight is 259 g/mol. The zero-order valence-electron chi connectivity index (χ0n) is 11.9. The topological polar surface area (TPSA) is 21.3 Å². The third kappa shape index (κ3) is 3.11. The Morgan fingerprint density at radius 1 is 1.16 bits per heavy atom. The summed E-state index contributed by atoms with van der Waals surface area (Å²) < 4.78 is 5.96. The first-order valence-corrected chi connectivity index (χ1v) is 7.78. The lowest BCUT2D eigenvalue weighted by Gasteiger charge is -2.29. The molecule has 2 nitrogen and oxygen atoms in total. The summed E-state index contributed by atoms with van der Waals surface area (Å²) in [6, 6.07) is 8.41. The smallest absolute Gasteiger partial charge is 0.123 e. The Bertz CT molecular complexity index is 392. The van der Waals surface area contributed by atoms with Gasteiger partial charge in [0.1, 0.15) is 11.9 Å². The van der Waals surface area contributed by atoms with Crippen molar-refractivity contribution in [2.45, 2.75) is 45.1 Å². The minimum atomic E-state index is 0.330. The molecule has 1 aromatic rings. The van der Waals surface area contributed by atoms with Crippen LogP contribution in [-0.4, -0.2) is 19.2 Å². The van der Waals surface area contributed by atoms with Gasteiger partial charge in [-0.15, -0.1) is 0 Å². The highest BCUT2D eigenvalue weighted by Gasteiger charge is 2.24. The van der Waals surface area contributed by atoms with Gasteiger partial charge in [0.2, 0.25) is 0 Å². The maximum Gasteiger partial charge on any atom is 0.123 e. The Kier molecular flexibility index (Phi) is 4.07. The second-order valence-electron chi connectivity index (χ2n) is 6.23. The van der Waals surface area contributed by atoms with Crippen LogP contribution >= 0.6 is 0 Å². The van der Waals surface area contributed by atoms with Gasteiger partial charge < -0.3 is 10.1 Å². The van der Waals surface area contributed by atoms with Crippen molar-refractivity contribution in [3.05, 3.63) is 29.8 Å². The fraction of sp³-hybridized carbons (Fsp3) is 0.647. The lowest BCUT2D eigenvalue weighted by atomic mass is 9.80. The van der Waals surface area contributed by atoms with E-state index >= 15 is 0 Å². The standard InChI is InChI=1S/C17H25NO/c1-13-6-2-3-8-15(13)11-18-12-16-10-14-7-4-5-9-17(14)19-16/h4-5,7,9,13,15-16,18H,2-3,6,8,10-12H2,1H3. The molecule has 1 heterocycles. The maximum absolute atomic E-state index is 5.96. The molecule has 0 bridgehead atoms. The van der Waals surface area contributed by atoms with E-state index in [0.29, 0.717) is 6.10 Å². The maximum atomic E-state index is 5.96. The molecule has 1 fully saturated rings. The molecule has 0 radical (unpaired) electrons. The van der Waals surface area contributed by atoms with Crippen molar-refractivity contribution in [1.29, 1.82) is 0 Å². The first kappa shape index (κ1) is 13.0. The van der Waals surface area contributed by atoms with Crippen LogP contribution in [0.15, 0.2) is 24.3 Å². The van der Waals surface area contributed by atoms with E-state index in [1.807, 2.05) is 0 Å². The molecule has 0 aromatic heterocycles. The van der Waals surface area contributed by atoms with Gasteiger partial charge in [0.05, 0.1) is 0 Å². The molecule has 104 valence electrons. The predicted molar refractivity (Wildman–Crippen MR) is 78.6 cm³/mol. The van der Waals surface area contributed by atoms with Gasteiger partial charge in [0, 0.05) is 13.0 Å². The normalized spacial score (nSPS) is 29.8. The monoisotopic (exact) mass is 259 g/mol. The number of fused-ring (bicyclic) bond motifs is 1. The van der Waals surface area contributed by atoms with Gasteiger partial charge in [-0.25, -0.2) is 0 Å². The molecule has 0 saturated heterocycles. The molecule has 1 aliphatic heterocycles. The number of para-hydroxylation sites is 1. The van der Waals surface area contributed by atoms with Crippen molar-refractivity contribution < 1.29 is 4.74 Å². The summed E-state index contributed by atoms with van der Waals surface area (Å²) in [4.78, 5) is 0. The van der Waals surface area contributed by atoms with Crippen LogP contribution in [0.5, 0.6) is 5.75 Å². The van der Waals surface area contributed by atoms with Crippen molar-refractivity contribution in [2.75, 3.05) is 13.1 Å². The van der Waals surface area contributed by atoms with Crippen molar-refractivity contribution in [2.24, 2.45) is 11.8 Å². The van der Waals surface area contributed by atoms with Crippen LogP contribution in [-0.2, 0) is 6.42 Å². The van der Waals surface area contributed by atoms with Crippen LogP contribution in [0.4, 0.5) is 0 Å². The molecule has 3 atom stereocenters. The molecule has 1 aliphatic carbocycles. The molecule has 3 unspecified atom stereocenters. The highest BCUT2D eigenvalue weighted by molar-refractivity contribution is 5.37. The van der Waals surface area contributed by atoms with Crippen LogP contribution in [0.1, 0.15) is 38.2 Å². The third-order valence-electron chi connectivity index (χ3n) is 4.78. The largest absolute Gasteiger partial charge is 0.488 e. The zero-order chi connectivity index (χ0) is 13.1. The molecule has 0 spiro atoms. The molecule has 3 rings (SSSR count). The summed E-state index contributed by atoms with van der Waals surface area (Å²) in [6.07, 6.45) is 7.05. The molecular weight excluding hydrogens is 234 g/mol. The number of hydrogen-bond donors (Lipinski definition) is 1. The highest BCUT2D eigenvalue weighted by Crippen LogP contribution is 2.30. The van der Waals surface area contributed by atoms with E-state index in [1.54, 1.807) is 0 Å². The van der Waals surface area contributed by atoms with E-state index < -0.39 is 0 Å². The average Bonchev–Trinajstić information content (AvgIpc) is 2.83. The lowest BCUT2D eigenvalue weighted by molar-refractivity contribution is 0.207. The number of ether oxygens (including phenoxy) is 1. The van der Waals surface area contributed by atoms with E-state index in [4.69, 9.17) is 4.74 Å². The minimum absolute atomic E-state index is 0.330. The van der Waals surface area contributed by atoms with E-state index in [0.717, 1.165) is 37.1 Å². The van der Waals surface area contributed by atoms with Gasteiger partial charge in [-0.1, -0.05) is 44.4 Å². The molecular formula is C17H25NO. The Hall–Kier alpha value is -1.02. The summed E-state index contributed by atoms with van der Waals surface area (Å²) in [5.41, 5.74) is 1.36. The van der Waals surface area contributed by atoms with Crippen LogP contribution < -0.4 is 10.1 Å². The van der Waals surface area contributed by atoms with Crippen molar-refractivity contribution in [1.82, 2.24) is 5.32 Å². The van der Waals surface area contributed by atoms with Gasteiger partial charge in [0.15, 0.2) is 0 Å². The number of benzene rings is 1. The Labute approximate surface area is 116 Å². The van der Waals surface area contributed by atoms with Gasteiger partial charge in [-0.05, 0) is 36.4 Å². The first-order valence-electron chi connectivity index (χ1n) is 7.78. The number of nitrogens with one attached hydrogen (secondary N) is 1. The summed E-state index contributed by atoms with van der Waals surface area (Å²) in [5, 5.41) is 3.64. The molecule has 1 N–H and O–H groups in total. The van der Waals surface area contributed by atoms with Gasteiger partial charge in [-0.3, -0.25) is 0 Å². The molecule has 1 saturated carbocycles. The zero-order valence-corrected chi connectivity index (χ0v) is 11.9. The van der Waals surface area contributed by atoms with Gasteiger partial charge in [-0.2, -0.15) is 0 Å². The predicted octanol–water partition coefficient (Wildman–Crippen LogP) is 3.41. The van der Waals surface area contributed by atoms with Gasteiger partial charge >= 0.3 is 0 Å². The van der Waals surface area contributed by atoms with Crippen LogP contribution in [0, 0.1) is 11.8 Å². The highest BCUT2D eigenvalue weighted by atomic mass is 16.5. The van der Waals surface area contributed by atoms with Gasteiger partial charge in [0.25, 0.3) is 0 Å². The van der Waals surface area contributed by atoms with Crippen molar-refractivity contribution >= 4 is 0 Å². The first-order chi connectivity index (χ1) is 9.33. The van der Waals surface area contributed by atoms with E-state index in [-0.39, 0.29) is 0 Å². The van der Waals surface area contributed by atoms with E-state index in [2.05, 4.69) is 36.5 Å². The lowest BCUT2D eigenvalue weighted by Crippen LogP contribution is -2.35. The molecule has 19 heavy (non-hydrogen) atoms. The molecule has 1 aromatic carbocycles. The fourth-order valence-corrected chi connectivity index (χ4v) is 3.49. The second kappa shape index (κ2) is 5.96. The third-order valence-corrected chi connectivity index (χ3v) is 4.78. The van der Waals surface area contributed by atoms with E-state index in [9.17, 15) is 0 Å². The quantitative estimate of drug-likeness (QED) is 0.894. The summed E-state index contributed by atoms with van der Waals surface area (Å²) in [7, 11) is 0. The summed E-state index contributed by atoms with van der Waals surface area (Å²) in [5.74, 6) is 2.85. The number of rotatable bonds is 4. The SMILES string of the molecule is CC1CCCCC1CNCC1Cc2ccccc2O1. The Balaban J connectivity index is 1.42. The number of hydrogen-bond acceptors (Lipinski definition) is 2. The summed E-state index contributed by atoms with van der Waals surface area (Å²) >= 11 is 0. The van der Waals surface area contributed by atoms with Crippen LogP contribution in [0.2, 0.25) is 0 Å². The minimum Gasteiger partial charge on any atom is -0.488 e. The molecule has 0 amide bonds. The molecule has 2 heteroatoms. The second-order valence-corrected chi connectivity index (χ2v) is 6.23. The Morgan fingerprint density at radius 2 is 2.00 bits per heavy atom. The van der Waals surface area contributed by atoms with Crippen molar-refractivity contribution in [3.63, 3.8) is 0 Å². The molecule has 2 aliphatic rings.